The van der Waals surface area contributed by atoms with Gasteiger partial charge in [0.2, 0.25) is 0 Å². The minimum Gasteiger partial charge on any atom is -0.504 e. The number of aromatic nitrogens is 2. The molecule has 122 valence electrons. The SMILES string of the molecule is O=C(NC1CCCCC1O)c1nn(-c2ccccc2F)cc1O. The summed E-state index contributed by atoms with van der Waals surface area (Å²) in [7, 11) is 0. The minimum atomic E-state index is -0.594. The first-order chi connectivity index (χ1) is 11.1. The van der Waals surface area contributed by atoms with Crippen LogP contribution in [0.5, 0.6) is 5.75 Å². The van der Waals surface area contributed by atoms with Crippen molar-refractivity contribution in [1.82, 2.24) is 15.1 Å². The second kappa shape index (κ2) is 6.37. The molecule has 1 aliphatic carbocycles. The van der Waals surface area contributed by atoms with Gasteiger partial charge in [0.05, 0.1) is 18.3 Å². The van der Waals surface area contributed by atoms with Gasteiger partial charge >= 0.3 is 0 Å². The van der Waals surface area contributed by atoms with E-state index in [1.54, 1.807) is 12.1 Å². The Labute approximate surface area is 132 Å². The highest BCUT2D eigenvalue weighted by atomic mass is 19.1. The zero-order valence-corrected chi connectivity index (χ0v) is 12.4. The van der Waals surface area contributed by atoms with Crippen molar-refractivity contribution in [2.45, 2.75) is 37.8 Å². The first kappa shape index (κ1) is 15.5. The molecule has 0 bridgehead atoms. The Kier molecular flexibility index (Phi) is 4.29. The number of rotatable bonds is 3. The highest BCUT2D eigenvalue weighted by Crippen LogP contribution is 2.22. The summed E-state index contributed by atoms with van der Waals surface area (Å²) in [4.78, 5) is 12.3. The van der Waals surface area contributed by atoms with Crippen LogP contribution < -0.4 is 5.32 Å². The molecule has 1 aromatic heterocycles. The summed E-state index contributed by atoms with van der Waals surface area (Å²) < 4.78 is 14.9. The Hall–Kier alpha value is -2.41. The standard InChI is InChI=1S/C16H18FN3O3/c17-10-5-1-3-7-12(10)20-9-14(22)15(19-20)16(23)18-11-6-2-4-8-13(11)21/h1,3,5,7,9,11,13,21-22H,2,4,6,8H2,(H,18,23). The van der Waals surface area contributed by atoms with Crippen molar-refractivity contribution in [1.29, 1.82) is 0 Å². The fourth-order valence-electron chi connectivity index (χ4n) is 2.80. The normalized spacial score (nSPS) is 21.1. The lowest BCUT2D eigenvalue weighted by molar-refractivity contribution is 0.0711. The van der Waals surface area contributed by atoms with Gasteiger partial charge in [-0.15, -0.1) is 0 Å². The summed E-state index contributed by atoms with van der Waals surface area (Å²) in [5, 5.41) is 26.5. The Morgan fingerprint density at radius 2 is 2.04 bits per heavy atom. The Morgan fingerprint density at radius 3 is 2.78 bits per heavy atom. The van der Waals surface area contributed by atoms with Gasteiger partial charge in [0.25, 0.3) is 5.91 Å². The van der Waals surface area contributed by atoms with Gasteiger partial charge in [-0.1, -0.05) is 25.0 Å². The first-order valence-electron chi connectivity index (χ1n) is 7.58. The van der Waals surface area contributed by atoms with E-state index < -0.39 is 17.8 Å². The molecule has 3 N–H and O–H groups in total. The minimum absolute atomic E-state index is 0.138. The quantitative estimate of drug-likeness (QED) is 0.804. The van der Waals surface area contributed by atoms with Crippen molar-refractivity contribution >= 4 is 5.91 Å². The molecule has 1 heterocycles. The molecule has 2 atom stereocenters. The van der Waals surface area contributed by atoms with Crippen LogP contribution in [0.1, 0.15) is 36.2 Å². The van der Waals surface area contributed by atoms with Crippen molar-refractivity contribution in [3.05, 3.63) is 42.0 Å². The van der Waals surface area contributed by atoms with Gasteiger partial charge in [0.1, 0.15) is 11.5 Å². The third kappa shape index (κ3) is 3.19. The highest BCUT2D eigenvalue weighted by Gasteiger charge is 2.27. The molecule has 1 amide bonds. The van der Waals surface area contributed by atoms with E-state index >= 15 is 0 Å². The smallest absolute Gasteiger partial charge is 0.275 e. The van der Waals surface area contributed by atoms with Crippen molar-refractivity contribution < 1.29 is 19.4 Å². The number of aromatic hydroxyl groups is 1. The molecule has 0 aliphatic heterocycles. The van der Waals surface area contributed by atoms with Crippen LogP contribution in [0.3, 0.4) is 0 Å². The molecule has 0 radical (unpaired) electrons. The number of amides is 1. The zero-order chi connectivity index (χ0) is 16.4. The first-order valence-corrected chi connectivity index (χ1v) is 7.58. The molecule has 2 unspecified atom stereocenters. The number of hydrogen-bond donors (Lipinski definition) is 3. The molecule has 1 aromatic carbocycles. The maximum absolute atomic E-state index is 13.8. The van der Waals surface area contributed by atoms with Crippen molar-refractivity contribution in [2.75, 3.05) is 0 Å². The lowest BCUT2D eigenvalue weighted by Crippen LogP contribution is -2.45. The molecule has 0 spiro atoms. The number of aliphatic hydroxyl groups excluding tert-OH is 1. The molecular weight excluding hydrogens is 301 g/mol. The van der Waals surface area contributed by atoms with Crippen LogP contribution in [0.2, 0.25) is 0 Å². The van der Waals surface area contributed by atoms with E-state index in [1.807, 2.05) is 0 Å². The third-order valence-corrected chi connectivity index (χ3v) is 4.06. The molecule has 3 rings (SSSR count). The number of carbonyl (C=O) groups excluding carboxylic acids is 1. The predicted molar refractivity (Wildman–Crippen MR) is 80.9 cm³/mol. The van der Waals surface area contributed by atoms with E-state index in [0.717, 1.165) is 17.5 Å². The van der Waals surface area contributed by atoms with Crippen LogP contribution in [-0.2, 0) is 0 Å². The molecule has 7 heteroatoms. The topological polar surface area (TPSA) is 87.4 Å². The molecule has 1 fully saturated rings. The fraction of sp³-hybridized carbons (Fsp3) is 0.375. The summed E-state index contributed by atoms with van der Waals surface area (Å²) >= 11 is 0. The summed E-state index contributed by atoms with van der Waals surface area (Å²) in [5.41, 5.74) is -0.0504. The van der Waals surface area contributed by atoms with Gasteiger partial charge in [-0.2, -0.15) is 5.10 Å². The van der Waals surface area contributed by atoms with Crippen LogP contribution in [-0.4, -0.2) is 38.0 Å². The monoisotopic (exact) mass is 319 g/mol. The lowest BCUT2D eigenvalue weighted by Gasteiger charge is -2.27. The van der Waals surface area contributed by atoms with Crippen LogP contribution in [0.4, 0.5) is 4.39 Å². The Balaban J connectivity index is 1.80. The number of para-hydroxylation sites is 1. The molecule has 2 aromatic rings. The van der Waals surface area contributed by atoms with E-state index in [4.69, 9.17) is 0 Å². The average Bonchev–Trinajstić information content (AvgIpc) is 2.92. The largest absolute Gasteiger partial charge is 0.504 e. The molecule has 1 aliphatic rings. The molecule has 6 nitrogen and oxygen atoms in total. The van der Waals surface area contributed by atoms with E-state index in [-0.39, 0.29) is 23.2 Å². The van der Waals surface area contributed by atoms with Gasteiger partial charge in [0, 0.05) is 0 Å². The predicted octanol–water partition coefficient (Wildman–Crippen LogP) is 1.75. The summed E-state index contributed by atoms with van der Waals surface area (Å²) in [6, 6.07) is 5.59. The van der Waals surface area contributed by atoms with E-state index in [9.17, 15) is 19.4 Å². The summed E-state index contributed by atoms with van der Waals surface area (Å²) in [6.07, 6.45) is 3.77. The fourth-order valence-corrected chi connectivity index (χ4v) is 2.80. The molecule has 1 saturated carbocycles. The van der Waals surface area contributed by atoms with Crippen molar-refractivity contribution in [3.63, 3.8) is 0 Å². The van der Waals surface area contributed by atoms with Crippen molar-refractivity contribution in [2.24, 2.45) is 0 Å². The van der Waals surface area contributed by atoms with Crippen LogP contribution >= 0.6 is 0 Å². The number of nitrogens with one attached hydrogen (secondary N) is 1. The Bertz CT molecular complexity index is 716. The lowest BCUT2D eigenvalue weighted by atomic mass is 9.92. The molecule has 0 saturated heterocycles. The number of aliphatic hydroxyl groups is 1. The number of benzene rings is 1. The molecular formula is C16H18FN3O3. The van der Waals surface area contributed by atoms with Crippen LogP contribution in [0.25, 0.3) is 5.69 Å². The van der Waals surface area contributed by atoms with Gasteiger partial charge in [-0.05, 0) is 25.0 Å². The number of nitrogens with zero attached hydrogens (tertiary/aromatic N) is 2. The van der Waals surface area contributed by atoms with E-state index in [0.29, 0.717) is 12.8 Å². The Morgan fingerprint density at radius 1 is 1.30 bits per heavy atom. The number of carbonyl (C=O) groups is 1. The maximum atomic E-state index is 13.8. The highest BCUT2D eigenvalue weighted by molar-refractivity contribution is 5.95. The molecule has 23 heavy (non-hydrogen) atoms. The zero-order valence-electron chi connectivity index (χ0n) is 12.4. The summed E-state index contributed by atoms with van der Waals surface area (Å²) in [5.74, 6) is -1.43. The van der Waals surface area contributed by atoms with E-state index in [2.05, 4.69) is 10.4 Å². The average molecular weight is 319 g/mol. The van der Waals surface area contributed by atoms with Gasteiger partial charge in [-0.3, -0.25) is 4.79 Å². The summed E-state index contributed by atoms with van der Waals surface area (Å²) in [6.45, 7) is 0. The van der Waals surface area contributed by atoms with Gasteiger partial charge < -0.3 is 15.5 Å². The maximum Gasteiger partial charge on any atom is 0.275 e. The van der Waals surface area contributed by atoms with Crippen molar-refractivity contribution in [3.8, 4) is 11.4 Å². The second-order valence-corrected chi connectivity index (χ2v) is 5.69. The second-order valence-electron chi connectivity index (χ2n) is 5.69. The number of hydrogen-bond acceptors (Lipinski definition) is 4. The van der Waals surface area contributed by atoms with Gasteiger partial charge in [0.15, 0.2) is 11.4 Å². The number of halogens is 1. The van der Waals surface area contributed by atoms with Gasteiger partial charge in [-0.25, -0.2) is 9.07 Å². The van der Waals surface area contributed by atoms with E-state index in [1.165, 1.54) is 18.3 Å². The third-order valence-electron chi connectivity index (χ3n) is 4.06. The van der Waals surface area contributed by atoms with Crippen LogP contribution in [0, 0.1) is 5.82 Å². The van der Waals surface area contributed by atoms with Crippen LogP contribution in [0.15, 0.2) is 30.5 Å².